The highest BCUT2D eigenvalue weighted by Crippen LogP contribution is 2.48. The zero-order valence-corrected chi connectivity index (χ0v) is 19.1. The zero-order valence-electron chi connectivity index (χ0n) is 19.1. The van der Waals surface area contributed by atoms with Gasteiger partial charge in [-0.2, -0.15) is 0 Å². The molecule has 5 nitrogen and oxygen atoms in total. The van der Waals surface area contributed by atoms with E-state index in [0.29, 0.717) is 23.3 Å². The van der Waals surface area contributed by atoms with Gasteiger partial charge >= 0.3 is 5.97 Å². The van der Waals surface area contributed by atoms with Crippen LogP contribution in [-0.4, -0.2) is 24.0 Å². The van der Waals surface area contributed by atoms with Crippen molar-refractivity contribution in [2.45, 2.75) is 79.4 Å². The molecular formula is C25H33NO4. The number of para-hydroxylation sites is 1. The highest BCUT2D eigenvalue weighted by Gasteiger charge is 2.44. The minimum absolute atomic E-state index is 0.0292. The minimum atomic E-state index is -0.508. The molecule has 0 bridgehead atoms. The standard InChI is InChI=1S/C25H33NO4/c1-14(2)29-20-11-9-8-10-17(20)22-21(24(28)30-15(3)4)16(5)26-18-12-25(6,7)13-19(27)23(18)22/h8-11,14-15,22,26H,12-13H2,1-7H3/t22-/m0/s1. The number of carbonyl (C=O) groups is 2. The summed E-state index contributed by atoms with van der Waals surface area (Å²) in [6.07, 6.45) is 0.917. The monoisotopic (exact) mass is 411 g/mol. The van der Waals surface area contributed by atoms with Crippen molar-refractivity contribution in [2.24, 2.45) is 5.41 Å². The molecule has 2 aliphatic rings. The molecular weight excluding hydrogens is 378 g/mol. The first-order valence-electron chi connectivity index (χ1n) is 10.7. The van der Waals surface area contributed by atoms with Crippen LogP contribution in [0.3, 0.4) is 0 Å². The van der Waals surface area contributed by atoms with Crippen molar-refractivity contribution in [1.82, 2.24) is 5.32 Å². The van der Waals surface area contributed by atoms with Crippen LogP contribution in [-0.2, 0) is 14.3 Å². The molecule has 30 heavy (non-hydrogen) atoms. The van der Waals surface area contributed by atoms with Gasteiger partial charge in [-0.3, -0.25) is 4.79 Å². The zero-order chi connectivity index (χ0) is 22.2. The van der Waals surface area contributed by atoms with Gasteiger partial charge in [-0.1, -0.05) is 32.0 Å². The lowest BCUT2D eigenvalue weighted by Gasteiger charge is -2.39. The second kappa shape index (κ2) is 8.29. The van der Waals surface area contributed by atoms with Crippen molar-refractivity contribution >= 4 is 11.8 Å². The van der Waals surface area contributed by atoms with E-state index in [4.69, 9.17) is 9.47 Å². The Labute approximate surface area is 179 Å². The number of ether oxygens (including phenoxy) is 2. The Bertz CT molecular complexity index is 921. The van der Waals surface area contributed by atoms with E-state index in [0.717, 1.165) is 23.4 Å². The van der Waals surface area contributed by atoms with Gasteiger partial charge in [0.15, 0.2) is 5.78 Å². The number of Topliss-reactive ketones (excluding diaryl/α,β-unsaturated/α-hetero) is 1. The molecule has 0 spiro atoms. The number of dihydropyridines is 1. The number of carbonyl (C=O) groups excluding carboxylic acids is 2. The molecule has 162 valence electrons. The fraction of sp³-hybridized carbons (Fsp3) is 0.520. The summed E-state index contributed by atoms with van der Waals surface area (Å²) in [5.74, 6) is -0.151. The van der Waals surface area contributed by atoms with Crippen molar-refractivity contribution in [1.29, 1.82) is 0 Å². The fourth-order valence-corrected chi connectivity index (χ4v) is 4.38. The van der Waals surface area contributed by atoms with E-state index >= 15 is 0 Å². The van der Waals surface area contributed by atoms with Crippen molar-refractivity contribution in [3.8, 4) is 5.75 Å². The second-order valence-electron chi connectivity index (χ2n) is 9.59. The number of benzene rings is 1. The molecule has 0 amide bonds. The number of rotatable bonds is 5. The number of nitrogens with one attached hydrogen (secondary N) is 1. The smallest absolute Gasteiger partial charge is 0.337 e. The van der Waals surface area contributed by atoms with Crippen LogP contribution < -0.4 is 10.1 Å². The van der Waals surface area contributed by atoms with E-state index in [1.807, 2.05) is 58.9 Å². The maximum absolute atomic E-state index is 13.3. The average Bonchev–Trinajstić information content (AvgIpc) is 2.58. The summed E-state index contributed by atoms with van der Waals surface area (Å²) in [6, 6.07) is 7.67. The minimum Gasteiger partial charge on any atom is -0.491 e. The molecule has 3 rings (SSSR count). The number of ketones is 1. The Morgan fingerprint density at radius 1 is 1.10 bits per heavy atom. The molecule has 1 atom stereocenters. The molecule has 1 heterocycles. The van der Waals surface area contributed by atoms with Gasteiger partial charge in [0, 0.05) is 29.0 Å². The number of allylic oxidation sites excluding steroid dienone is 3. The van der Waals surface area contributed by atoms with Gasteiger partial charge in [-0.25, -0.2) is 4.79 Å². The van der Waals surface area contributed by atoms with Gasteiger partial charge in [0.1, 0.15) is 5.75 Å². The Hall–Kier alpha value is -2.56. The number of esters is 1. The molecule has 1 aliphatic heterocycles. The molecule has 0 saturated heterocycles. The molecule has 0 fully saturated rings. The van der Waals surface area contributed by atoms with Gasteiger partial charge in [-0.05, 0) is 52.5 Å². The lowest BCUT2D eigenvalue weighted by Crippen LogP contribution is -2.39. The molecule has 1 aromatic rings. The van der Waals surface area contributed by atoms with Crippen LogP contribution in [0, 0.1) is 5.41 Å². The van der Waals surface area contributed by atoms with Crippen LogP contribution in [0.5, 0.6) is 5.75 Å². The quantitative estimate of drug-likeness (QED) is 0.689. The van der Waals surface area contributed by atoms with E-state index in [-0.39, 0.29) is 23.4 Å². The third-order valence-electron chi connectivity index (χ3n) is 5.40. The summed E-state index contributed by atoms with van der Waals surface area (Å²) < 4.78 is 11.6. The average molecular weight is 412 g/mol. The molecule has 1 aromatic carbocycles. The van der Waals surface area contributed by atoms with Crippen molar-refractivity contribution in [3.63, 3.8) is 0 Å². The molecule has 0 radical (unpaired) electrons. The van der Waals surface area contributed by atoms with Gasteiger partial charge in [0.25, 0.3) is 0 Å². The highest BCUT2D eigenvalue weighted by atomic mass is 16.5. The topological polar surface area (TPSA) is 64.6 Å². The number of hydrogen-bond donors (Lipinski definition) is 1. The highest BCUT2D eigenvalue weighted by molar-refractivity contribution is 6.04. The normalized spacial score (nSPS) is 21.0. The van der Waals surface area contributed by atoms with Crippen molar-refractivity contribution in [3.05, 3.63) is 52.4 Å². The van der Waals surface area contributed by atoms with Crippen LogP contribution in [0.4, 0.5) is 0 Å². The third kappa shape index (κ3) is 4.45. The van der Waals surface area contributed by atoms with Crippen LogP contribution in [0.15, 0.2) is 46.8 Å². The van der Waals surface area contributed by atoms with E-state index < -0.39 is 11.9 Å². The molecule has 0 unspecified atom stereocenters. The first kappa shape index (κ1) is 22.1. The summed E-state index contributed by atoms with van der Waals surface area (Å²) in [4.78, 5) is 26.5. The van der Waals surface area contributed by atoms with Crippen LogP contribution in [0.1, 0.15) is 72.8 Å². The van der Waals surface area contributed by atoms with E-state index in [1.54, 1.807) is 0 Å². The predicted octanol–water partition coefficient (Wildman–Crippen LogP) is 5.03. The van der Waals surface area contributed by atoms with Crippen LogP contribution >= 0.6 is 0 Å². The Balaban J connectivity index is 2.21. The fourth-order valence-electron chi connectivity index (χ4n) is 4.38. The first-order valence-corrected chi connectivity index (χ1v) is 10.7. The summed E-state index contributed by atoms with van der Waals surface area (Å²) in [5.41, 5.74) is 3.47. The van der Waals surface area contributed by atoms with E-state index in [2.05, 4.69) is 19.2 Å². The van der Waals surface area contributed by atoms with Crippen LogP contribution in [0.2, 0.25) is 0 Å². The maximum Gasteiger partial charge on any atom is 0.337 e. The van der Waals surface area contributed by atoms with Gasteiger partial charge in [0.05, 0.1) is 23.7 Å². The molecule has 0 aromatic heterocycles. The predicted molar refractivity (Wildman–Crippen MR) is 117 cm³/mol. The molecule has 0 saturated carbocycles. The summed E-state index contributed by atoms with van der Waals surface area (Å²) in [6.45, 7) is 13.7. The van der Waals surface area contributed by atoms with Crippen LogP contribution in [0.25, 0.3) is 0 Å². The van der Waals surface area contributed by atoms with E-state index in [9.17, 15) is 9.59 Å². The van der Waals surface area contributed by atoms with Crippen molar-refractivity contribution in [2.75, 3.05) is 0 Å². The first-order chi connectivity index (χ1) is 14.0. The molecule has 5 heteroatoms. The summed E-state index contributed by atoms with van der Waals surface area (Å²) in [7, 11) is 0. The Morgan fingerprint density at radius 3 is 2.40 bits per heavy atom. The third-order valence-corrected chi connectivity index (χ3v) is 5.40. The summed E-state index contributed by atoms with van der Waals surface area (Å²) >= 11 is 0. The lowest BCUT2D eigenvalue weighted by atomic mass is 9.68. The Morgan fingerprint density at radius 2 is 1.77 bits per heavy atom. The van der Waals surface area contributed by atoms with Gasteiger partial charge in [-0.15, -0.1) is 0 Å². The Kier molecular flexibility index (Phi) is 6.11. The number of hydrogen-bond acceptors (Lipinski definition) is 5. The molecule has 1 N–H and O–H groups in total. The second-order valence-corrected chi connectivity index (χ2v) is 9.59. The molecule has 1 aliphatic carbocycles. The van der Waals surface area contributed by atoms with E-state index in [1.165, 1.54) is 0 Å². The maximum atomic E-state index is 13.3. The van der Waals surface area contributed by atoms with Crippen molar-refractivity contribution < 1.29 is 19.1 Å². The largest absolute Gasteiger partial charge is 0.491 e. The SMILES string of the molecule is CC1=C(C(=O)OC(C)C)[C@H](c2ccccc2OC(C)C)C2=C(CC(C)(C)CC2=O)N1. The van der Waals surface area contributed by atoms with Gasteiger partial charge < -0.3 is 14.8 Å². The lowest BCUT2D eigenvalue weighted by molar-refractivity contribution is -0.143. The van der Waals surface area contributed by atoms with Gasteiger partial charge in [0.2, 0.25) is 0 Å². The summed E-state index contributed by atoms with van der Waals surface area (Å²) in [5, 5.41) is 3.37.